The zero-order valence-electron chi connectivity index (χ0n) is 15.7. The number of nitrogens with one attached hydrogen (secondary N) is 2. The van der Waals surface area contributed by atoms with Crippen LogP contribution >= 0.6 is 0 Å². The van der Waals surface area contributed by atoms with Crippen molar-refractivity contribution in [1.82, 2.24) is 10.6 Å². The van der Waals surface area contributed by atoms with Crippen molar-refractivity contribution in [2.24, 2.45) is 0 Å². The molecule has 0 aromatic heterocycles. The van der Waals surface area contributed by atoms with Crippen LogP contribution < -0.4 is 29.6 Å². The first-order valence-electron chi connectivity index (χ1n) is 8.78. The first kappa shape index (κ1) is 19.3. The molecule has 8 nitrogen and oxygen atoms in total. The molecule has 0 unspecified atom stereocenters. The summed E-state index contributed by atoms with van der Waals surface area (Å²) < 4.78 is 21.2. The lowest BCUT2D eigenvalue weighted by Crippen LogP contribution is -2.46. The fourth-order valence-electron chi connectivity index (χ4n) is 2.62. The van der Waals surface area contributed by atoms with Crippen LogP contribution in [0.3, 0.4) is 0 Å². The van der Waals surface area contributed by atoms with Crippen molar-refractivity contribution in [3.05, 3.63) is 48.0 Å². The number of hydrogen-bond donors (Lipinski definition) is 2. The lowest BCUT2D eigenvalue weighted by molar-refractivity contribution is -0.129. The highest BCUT2D eigenvalue weighted by Crippen LogP contribution is 2.32. The van der Waals surface area contributed by atoms with Gasteiger partial charge in [-0.2, -0.15) is 0 Å². The predicted octanol–water partition coefficient (Wildman–Crippen LogP) is 1.62. The maximum absolute atomic E-state index is 12.2. The number of ether oxygens (including phenoxy) is 4. The van der Waals surface area contributed by atoms with Gasteiger partial charge in [-0.05, 0) is 36.8 Å². The Bertz CT molecular complexity index is 854. The maximum atomic E-state index is 12.2. The summed E-state index contributed by atoms with van der Waals surface area (Å²) in [4.78, 5) is 24.3. The molecule has 2 aromatic rings. The van der Waals surface area contributed by atoms with E-state index in [1.54, 1.807) is 37.3 Å². The van der Waals surface area contributed by atoms with Gasteiger partial charge in [-0.25, -0.2) is 0 Å². The molecule has 2 amide bonds. The Morgan fingerprint density at radius 3 is 2.64 bits per heavy atom. The van der Waals surface area contributed by atoms with Gasteiger partial charge in [-0.15, -0.1) is 0 Å². The molecule has 0 aliphatic carbocycles. The molecule has 0 saturated carbocycles. The van der Waals surface area contributed by atoms with Crippen molar-refractivity contribution in [3.8, 4) is 23.0 Å². The van der Waals surface area contributed by atoms with Gasteiger partial charge in [0.15, 0.2) is 29.6 Å². The van der Waals surface area contributed by atoms with E-state index in [-0.39, 0.29) is 19.3 Å². The van der Waals surface area contributed by atoms with Gasteiger partial charge in [0.25, 0.3) is 5.91 Å². The number of amides is 2. The fourth-order valence-corrected chi connectivity index (χ4v) is 2.62. The molecule has 28 heavy (non-hydrogen) atoms. The Balaban J connectivity index is 1.44. The number of carbonyl (C=O) groups is 2. The minimum atomic E-state index is -0.706. The number of carbonyl (C=O) groups excluding carboxylic acids is 2. The maximum Gasteiger partial charge on any atom is 0.258 e. The first-order chi connectivity index (χ1) is 13.6. The van der Waals surface area contributed by atoms with Crippen LogP contribution in [0, 0.1) is 0 Å². The standard InChI is InChI=1S/C20H22N2O6/c1-13(22-19(23)11-26-16-6-4-3-5-15(16)25-2)20(24)21-10-14-7-8-17-18(9-14)28-12-27-17/h3-9,13H,10-12H2,1-2H3,(H,21,24)(H,22,23)/t13-/m0/s1. The second-order valence-electron chi connectivity index (χ2n) is 6.13. The predicted molar refractivity (Wildman–Crippen MR) is 101 cm³/mol. The molecule has 8 heteroatoms. The van der Waals surface area contributed by atoms with Crippen LogP contribution in [-0.2, 0) is 16.1 Å². The summed E-state index contributed by atoms with van der Waals surface area (Å²) in [5.41, 5.74) is 0.871. The smallest absolute Gasteiger partial charge is 0.258 e. The number of methoxy groups -OCH3 is 1. The molecule has 2 N–H and O–H groups in total. The van der Waals surface area contributed by atoms with E-state index in [0.717, 1.165) is 5.56 Å². The van der Waals surface area contributed by atoms with Gasteiger partial charge < -0.3 is 29.6 Å². The Kier molecular flexibility index (Phi) is 6.21. The van der Waals surface area contributed by atoms with Gasteiger partial charge in [0, 0.05) is 6.54 Å². The van der Waals surface area contributed by atoms with E-state index in [1.165, 1.54) is 7.11 Å². The first-order valence-corrected chi connectivity index (χ1v) is 8.78. The van der Waals surface area contributed by atoms with Crippen molar-refractivity contribution < 1.29 is 28.5 Å². The summed E-state index contributed by atoms with van der Waals surface area (Å²) in [5.74, 6) is 1.62. The zero-order chi connectivity index (χ0) is 19.9. The van der Waals surface area contributed by atoms with Gasteiger partial charge in [0.1, 0.15) is 6.04 Å². The molecule has 2 aromatic carbocycles. The van der Waals surface area contributed by atoms with E-state index < -0.39 is 11.9 Å². The van der Waals surface area contributed by atoms with Crippen LogP contribution in [0.1, 0.15) is 12.5 Å². The Labute approximate surface area is 162 Å². The van der Waals surface area contributed by atoms with Crippen LogP contribution in [-0.4, -0.2) is 38.4 Å². The van der Waals surface area contributed by atoms with E-state index in [2.05, 4.69) is 10.6 Å². The summed E-state index contributed by atoms with van der Waals surface area (Å²) >= 11 is 0. The molecule has 0 radical (unpaired) electrons. The van der Waals surface area contributed by atoms with Crippen LogP contribution in [0.2, 0.25) is 0 Å². The SMILES string of the molecule is COc1ccccc1OCC(=O)N[C@@H](C)C(=O)NCc1ccc2c(c1)OCO2. The molecule has 1 aliphatic heterocycles. The minimum absolute atomic E-state index is 0.200. The fraction of sp³-hybridized carbons (Fsp3) is 0.300. The van der Waals surface area contributed by atoms with Crippen molar-refractivity contribution >= 4 is 11.8 Å². The minimum Gasteiger partial charge on any atom is -0.493 e. The molecule has 0 bridgehead atoms. The van der Waals surface area contributed by atoms with Crippen molar-refractivity contribution in [1.29, 1.82) is 0 Å². The molecule has 1 aliphatic rings. The van der Waals surface area contributed by atoms with Gasteiger partial charge >= 0.3 is 0 Å². The Morgan fingerprint density at radius 1 is 1.11 bits per heavy atom. The summed E-state index contributed by atoms with van der Waals surface area (Å²) in [6, 6.07) is 11.8. The molecule has 0 fully saturated rings. The van der Waals surface area contributed by atoms with Crippen LogP contribution in [0.15, 0.2) is 42.5 Å². The lowest BCUT2D eigenvalue weighted by atomic mass is 10.2. The normalized spacial score (nSPS) is 12.8. The second kappa shape index (κ2) is 8.98. The van der Waals surface area contributed by atoms with Gasteiger partial charge in [-0.3, -0.25) is 9.59 Å². The zero-order valence-corrected chi connectivity index (χ0v) is 15.7. The molecule has 0 spiro atoms. The van der Waals surface area contributed by atoms with Crippen LogP contribution in [0.5, 0.6) is 23.0 Å². The Morgan fingerprint density at radius 2 is 1.86 bits per heavy atom. The second-order valence-corrected chi connectivity index (χ2v) is 6.13. The average molecular weight is 386 g/mol. The topological polar surface area (TPSA) is 95.1 Å². The monoisotopic (exact) mass is 386 g/mol. The molecule has 3 rings (SSSR count). The highest BCUT2D eigenvalue weighted by atomic mass is 16.7. The van der Waals surface area contributed by atoms with E-state index in [1.807, 2.05) is 12.1 Å². The summed E-state index contributed by atoms with van der Waals surface area (Å²) in [6.07, 6.45) is 0. The molecule has 148 valence electrons. The third kappa shape index (κ3) is 4.85. The number of rotatable bonds is 8. The van der Waals surface area contributed by atoms with Crippen LogP contribution in [0.4, 0.5) is 0 Å². The van der Waals surface area contributed by atoms with Gasteiger partial charge in [0.05, 0.1) is 7.11 Å². The number of fused-ring (bicyclic) bond motifs is 1. The average Bonchev–Trinajstić information content (AvgIpc) is 3.18. The quantitative estimate of drug-likeness (QED) is 0.716. The van der Waals surface area contributed by atoms with E-state index in [9.17, 15) is 9.59 Å². The molecular weight excluding hydrogens is 364 g/mol. The summed E-state index contributed by atoms with van der Waals surface area (Å²) in [6.45, 7) is 1.90. The van der Waals surface area contributed by atoms with Crippen molar-refractivity contribution in [2.45, 2.75) is 19.5 Å². The number of benzene rings is 2. The van der Waals surface area contributed by atoms with Crippen LogP contribution in [0.25, 0.3) is 0 Å². The van der Waals surface area contributed by atoms with Crippen molar-refractivity contribution in [3.63, 3.8) is 0 Å². The summed E-state index contributed by atoms with van der Waals surface area (Å²) in [7, 11) is 1.52. The number of hydrogen-bond acceptors (Lipinski definition) is 6. The van der Waals surface area contributed by atoms with Crippen molar-refractivity contribution in [2.75, 3.05) is 20.5 Å². The molecule has 1 atom stereocenters. The Hall–Kier alpha value is -3.42. The molecule has 1 heterocycles. The van der Waals surface area contributed by atoms with E-state index >= 15 is 0 Å². The summed E-state index contributed by atoms with van der Waals surface area (Å²) in [5, 5.41) is 5.38. The molecular formula is C20H22N2O6. The highest BCUT2D eigenvalue weighted by molar-refractivity contribution is 5.87. The number of para-hydroxylation sites is 2. The lowest BCUT2D eigenvalue weighted by Gasteiger charge is -2.15. The van der Waals surface area contributed by atoms with Gasteiger partial charge in [-0.1, -0.05) is 18.2 Å². The van der Waals surface area contributed by atoms with E-state index in [4.69, 9.17) is 18.9 Å². The highest BCUT2D eigenvalue weighted by Gasteiger charge is 2.17. The molecule has 0 saturated heterocycles. The van der Waals surface area contributed by atoms with E-state index in [0.29, 0.717) is 29.5 Å². The largest absolute Gasteiger partial charge is 0.493 e. The van der Waals surface area contributed by atoms with Gasteiger partial charge in [0.2, 0.25) is 12.7 Å². The third-order valence-electron chi connectivity index (χ3n) is 4.10. The third-order valence-corrected chi connectivity index (χ3v) is 4.10.